The van der Waals surface area contributed by atoms with Crippen LogP contribution >= 0.6 is 0 Å². The van der Waals surface area contributed by atoms with Gasteiger partial charge in [0.1, 0.15) is 5.78 Å². The van der Waals surface area contributed by atoms with E-state index < -0.39 is 0 Å². The summed E-state index contributed by atoms with van der Waals surface area (Å²) < 4.78 is 10.9. The molecule has 0 aromatic carbocycles. The van der Waals surface area contributed by atoms with E-state index in [2.05, 4.69) is 0 Å². The molecule has 0 saturated carbocycles. The van der Waals surface area contributed by atoms with Crippen LogP contribution in [0.2, 0.25) is 0 Å². The molecule has 0 spiro atoms. The van der Waals surface area contributed by atoms with Gasteiger partial charge in [-0.2, -0.15) is 0 Å². The minimum Gasteiger partial charge on any atom is -0.376 e. The van der Waals surface area contributed by atoms with Crippen LogP contribution in [-0.4, -0.2) is 31.2 Å². The van der Waals surface area contributed by atoms with Gasteiger partial charge < -0.3 is 9.47 Å². The lowest BCUT2D eigenvalue weighted by atomic mass is 9.89. The van der Waals surface area contributed by atoms with Crippen molar-refractivity contribution in [3.05, 3.63) is 0 Å². The van der Waals surface area contributed by atoms with Crippen LogP contribution in [0.3, 0.4) is 0 Å². The first kappa shape index (κ1) is 15.6. The van der Waals surface area contributed by atoms with Gasteiger partial charge in [0.2, 0.25) is 0 Å². The van der Waals surface area contributed by atoms with Crippen molar-refractivity contribution in [3.63, 3.8) is 0 Å². The maximum Gasteiger partial charge on any atom is 0.140 e. The van der Waals surface area contributed by atoms with Crippen molar-refractivity contribution in [3.8, 4) is 0 Å². The molecular formula is C13H26O3. The molecule has 0 amide bonds. The summed E-state index contributed by atoms with van der Waals surface area (Å²) >= 11 is 0. The lowest BCUT2D eigenvalue weighted by molar-refractivity contribution is -0.128. The molecule has 0 radical (unpaired) electrons. The zero-order valence-electron chi connectivity index (χ0n) is 11.5. The van der Waals surface area contributed by atoms with E-state index in [0.29, 0.717) is 19.6 Å². The maximum absolute atomic E-state index is 11.6. The predicted molar refractivity (Wildman–Crippen MR) is 65.6 cm³/mol. The van der Waals surface area contributed by atoms with E-state index in [1.54, 1.807) is 0 Å². The van der Waals surface area contributed by atoms with Gasteiger partial charge in [0.25, 0.3) is 0 Å². The number of hydrogen-bond acceptors (Lipinski definition) is 3. The zero-order chi connectivity index (χ0) is 12.8. The van der Waals surface area contributed by atoms with E-state index in [4.69, 9.17) is 9.47 Å². The van der Waals surface area contributed by atoms with Crippen molar-refractivity contribution >= 4 is 5.78 Å². The smallest absolute Gasteiger partial charge is 0.140 e. The molecule has 3 heteroatoms. The normalized spacial score (nSPS) is 14.2. The number of carbonyl (C=O) groups is 1. The number of carbonyl (C=O) groups excluding carboxylic acids is 1. The van der Waals surface area contributed by atoms with Crippen LogP contribution in [0.15, 0.2) is 0 Å². The Balaban J connectivity index is 3.62. The van der Waals surface area contributed by atoms with E-state index in [1.807, 2.05) is 41.5 Å². The highest BCUT2D eigenvalue weighted by Crippen LogP contribution is 2.16. The SMILES string of the molecule is CC(C)OC[C@H](C)OCCC(=O)C(C)(C)C. The summed E-state index contributed by atoms with van der Waals surface area (Å²) in [5, 5.41) is 0. The van der Waals surface area contributed by atoms with Gasteiger partial charge in [-0.05, 0) is 20.8 Å². The minimum absolute atomic E-state index is 0.0511. The molecular weight excluding hydrogens is 204 g/mol. The fourth-order valence-electron chi connectivity index (χ4n) is 1.10. The molecule has 0 unspecified atom stereocenters. The summed E-state index contributed by atoms with van der Waals surface area (Å²) in [7, 11) is 0. The van der Waals surface area contributed by atoms with Crippen LogP contribution in [0.1, 0.15) is 48.0 Å². The Kier molecular flexibility index (Phi) is 6.84. The van der Waals surface area contributed by atoms with Crippen molar-refractivity contribution < 1.29 is 14.3 Å². The highest BCUT2D eigenvalue weighted by molar-refractivity contribution is 5.83. The van der Waals surface area contributed by atoms with Crippen LogP contribution < -0.4 is 0 Å². The van der Waals surface area contributed by atoms with Crippen LogP contribution in [0.4, 0.5) is 0 Å². The summed E-state index contributed by atoms with van der Waals surface area (Å²) in [4.78, 5) is 11.6. The Morgan fingerprint density at radius 3 is 2.12 bits per heavy atom. The standard InChI is InChI=1S/C13H26O3/c1-10(2)16-9-11(3)15-8-7-12(14)13(4,5)6/h10-11H,7-9H2,1-6H3/t11-/m0/s1. The van der Waals surface area contributed by atoms with Crippen molar-refractivity contribution in [1.29, 1.82) is 0 Å². The Hall–Kier alpha value is -0.410. The minimum atomic E-state index is -0.263. The van der Waals surface area contributed by atoms with Gasteiger partial charge in [-0.1, -0.05) is 20.8 Å². The molecule has 0 aliphatic carbocycles. The second-order valence-corrected chi connectivity index (χ2v) is 5.49. The third-order valence-electron chi connectivity index (χ3n) is 2.23. The fraction of sp³-hybridized carbons (Fsp3) is 0.923. The number of rotatable bonds is 7. The predicted octanol–water partition coefficient (Wildman–Crippen LogP) is 2.82. The molecule has 1 atom stereocenters. The molecule has 0 aliphatic rings. The van der Waals surface area contributed by atoms with Crippen LogP contribution in [0, 0.1) is 5.41 Å². The summed E-state index contributed by atoms with van der Waals surface area (Å²) in [6, 6.07) is 0. The zero-order valence-corrected chi connectivity index (χ0v) is 11.5. The van der Waals surface area contributed by atoms with Gasteiger partial charge in [0, 0.05) is 11.8 Å². The topological polar surface area (TPSA) is 35.5 Å². The van der Waals surface area contributed by atoms with Crippen LogP contribution in [0.25, 0.3) is 0 Å². The first-order chi connectivity index (χ1) is 7.23. The molecule has 0 rings (SSSR count). The molecule has 0 fully saturated rings. The summed E-state index contributed by atoms with van der Waals surface area (Å²) in [5.74, 6) is 0.240. The highest BCUT2D eigenvalue weighted by atomic mass is 16.5. The fourth-order valence-corrected chi connectivity index (χ4v) is 1.10. The largest absolute Gasteiger partial charge is 0.376 e. The van der Waals surface area contributed by atoms with E-state index >= 15 is 0 Å². The molecule has 3 nitrogen and oxygen atoms in total. The molecule has 0 N–H and O–H groups in total. The Labute approximate surface area is 99.5 Å². The van der Waals surface area contributed by atoms with E-state index in [0.717, 1.165) is 0 Å². The molecule has 0 saturated heterocycles. The molecule has 16 heavy (non-hydrogen) atoms. The number of ether oxygens (including phenoxy) is 2. The van der Waals surface area contributed by atoms with E-state index in [9.17, 15) is 4.79 Å². The Morgan fingerprint density at radius 2 is 1.69 bits per heavy atom. The van der Waals surface area contributed by atoms with Gasteiger partial charge in [0.15, 0.2) is 0 Å². The van der Waals surface area contributed by atoms with Crippen molar-refractivity contribution in [2.45, 2.75) is 60.2 Å². The quantitative estimate of drug-likeness (QED) is 0.674. The third-order valence-corrected chi connectivity index (χ3v) is 2.23. The first-order valence-electron chi connectivity index (χ1n) is 6.00. The number of ketones is 1. The van der Waals surface area contributed by atoms with E-state index in [-0.39, 0.29) is 23.4 Å². The molecule has 0 aromatic heterocycles. The number of Topliss-reactive ketones (excluding diaryl/α,β-unsaturated/α-hetero) is 1. The van der Waals surface area contributed by atoms with Gasteiger partial charge >= 0.3 is 0 Å². The maximum atomic E-state index is 11.6. The Morgan fingerprint density at radius 1 is 1.12 bits per heavy atom. The van der Waals surface area contributed by atoms with Crippen molar-refractivity contribution in [2.24, 2.45) is 5.41 Å². The van der Waals surface area contributed by atoms with Gasteiger partial charge in [0.05, 0.1) is 25.4 Å². The number of hydrogen-bond donors (Lipinski definition) is 0. The monoisotopic (exact) mass is 230 g/mol. The summed E-state index contributed by atoms with van der Waals surface area (Å²) in [5.41, 5.74) is -0.263. The van der Waals surface area contributed by atoms with Gasteiger partial charge in [-0.3, -0.25) is 4.79 Å². The highest BCUT2D eigenvalue weighted by Gasteiger charge is 2.20. The van der Waals surface area contributed by atoms with Gasteiger partial charge in [-0.15, -0.1) is 0 Å². The van der Waals surface area contributed by atoms with E-state index in [1.165, 1.54) is 0 Å². The molecule has 0 aromatic rings. The Bertz CT molecular complexity index is 204. The van der Waals surface area contributed by atoms with Crippen molar-refractivity contribution in [2.75, 3.05) is 13.2 Å². The van der Waals surface area contributed by atoms with Crippen LogP contribution in [-0.2, 0) is 14.3 Å². The lowest BCUT2D eigenvalue weighted by Crippen LogP contribution is -2.24. The molecule has 0 heterocycles. The second-order valence-electron chi connectivity index (χ2n) is 5.49. The molecule has 0 bridgehead atoms. The molecule has 0 aliphatic heterocycles. The van der Waals surface area contributed by atoms with Crippen LogP contribution in [0.5, 0.6) is 0 Å². The van der Waals surface area contributed by atoms with Crippen molar-refractivity contribution in [1.82, 2.24) is 0 Å². The lowest BCUT2D eigenvalue weighted by Gasteiger charge is -2.18. The summed E-state index contributed by atoms with van der Waals surface area (Å²) in [6.07, 6.45) is 0.757. The van der Waals surface area contributed by atoms with Gasteiger partial charge in [-0.25, -0.2) is 0 Å². The third kappa shape index (κ3) is 7.83. The first-order valence-corrected chi connectivity index (χ1v) is 6.00. The summed E-state index contributed by atoms with van der Waals surface area (Å²) in [6.45, 7) is 12.8. The average molecular weight is 230 g/mol. The second kappa shape index (κ2) is 7.02. The molecule has 96 valence electrons. The average Bonchev–Trinajstić information content (AvgIpc) is 2.13.